The van der Waals surface area contributed by atoms with Crippen LogP contribution in [0.1, 0.15) is 45.9 Å². The molecule has 0 saturated carbocycles. The first-order chi connectivity index (χ1) is 14.9. The van der Waals surface area contributed by atoms with E-state index >= 15 is 0 Å². The van der Waals surface area contributed by atoms with E-state index in [1.807, 2.05) is 18.3 Å². The minimum Gasteiger partial charge on any atom is -0.383 e. The Hall–Kier alpha value is -2.70. The molecule has 0 radical (unpaired) electrons. The number of rotatable bonds is 6. The zero-order valence-electron chi connectivity index (χ0n) is 18.8. The van der Waals surface area contributed by atoms with Gasteiger partial charge >= 0.3 is 0 Å². The Balaban J connectivity index is 1.84. The molecule has 1 aliphatic heterocycles. The molecule has 1 saturated heterocycles. The number of hydrogen-bond donors (Lipinski definition) is 1. The maximum Gasteiger partial charge on any atom is 0.170 e. The molecule has 3 aromatic rings. The fourth-order valence-electron chi connectivity index (χ4n) is 4.59. The zero-order valence-corrected chi connectivity index (χ0v) is 19.7. The van der Waals surface area contributed by atoms with Gasteiger partial charge in [0.15, 0.2) is 5.11 Å². The van der Waals surface area contributed by atoms with Crippen LogP contribution in [0.4, 0.5) is 0 Å². The monoisotopic (exact) mass is 434 g/mol. The van der Waals surface area contributed by atoms with Crippen molar-refractivity contribution in [2.24, 2.45) is 0 Å². The molecule has 6 heteroatoms. The Bertz CT molecular complexity index is 1090. The summed E-state index contributed by atoms with van der Waals surface area (Å²) in [6, 6.07) is 15.0. The molecule has 0 unspecified atom stereocenters. The van der Waals surface area contributed by atoms with Crippen LogP contribution < -0.4 is 5.32 Å². The molecular weight excluding hydrogens is 404 g/mol. The summed E-state index contributed by atoms with van der Waals surface area (Å²) in [5.74, 6) is 0. The summed E-state index contributed by atoms with van der Waals surface area (Å²) in [5.41, 5.74) is 8.44. The molecule has 2 atom stereocenters. The van der Waals surface area contributed by atoms with Gasteiger partial charge in [-0.1, -0.05) is 18.2 Å². The van der Waals surface area contributed by atoms with E-state index in [4.69, 9.17) is 17.0 Å². The van der Waals surface area contributed by atoms with Crippen molar-refractivity contribution in [2.45, 2.75) is 39.8 Å². The average molecular weight is 435 g/mol. The van der Waals surface area contributed by atoms with Gasteiger partial charge in [-0.25, -0.2) is 0 Å². The number of methoxy groups -OCH3 is 1. The summed E-state index contributed by atoms with van der Waals surface area (Å²) in [5, 5.41) is 4.27. The lowest BCUT2D eigenvalue weighted by atomic mass is 9.97. The van der Waals surface area contributed by atoms with Gasteiger partial charge in [-0.3, -0.25) is 4.98 Å². The van der Waals surface area contributed by atoms with Crippen molar-refractivity contribution >= 4 is 17.3 Å². The predicted octanol–water partition coefficient (Wildman–Crippen LogP) is 4.72. The number of nitrogens with zero attached hydrogens (tertiary/aromatic N) is 3. The SMILES string of the molecule is COCCN1C(=S)N[C@H](c2ccccn2)[C@H]1c1cc(C)n(-c2cc(C)ccc2C)c1C. The summed E-state index contributed by atoms with van der Waals surface area (Å²) in [4.78, 5) is 6.89. The van der Waals surface area contributed by atoms with E-state index < -0.39 is 0 Å². The molecule has 5 nitrogen and oxygen atoms in total. The Morgan fingerprint density at radius 1 is 1.10 bits per heavy atom. The van der Waals surface area contributed by atoms with Crippen molar-refractivity contribution in [1.82, 2.24) is 19.8 Å². The van der Waals surface area contributed by atoms with Gasteiger partial charge in [-0.15, -0.1) is 0 Å². The third-order valence-electron chi connectivity index (χ3n) is 6.13. The maximum atomic E-state index is 5.75. The highest BCUT2D eigenvalue weighted by Crippen LogP contribution is 2.41. The van der Waals surface area contributed by atoms with Crippen LogP contribution in [0.5, 0.6) is 0 Å². The highest BCUT2D eigenvalue weighted by atomic mass is 32.1. The first-order valence-electron chi connectivity index (χ1n) is 10.7. The molecule has 4 rings (SSSR count). The average Bonchev–Trinajstić information content (AvgIpc) is 3.24. The number of ether oxygens (including phenoxy) is 1. The fraction of sp³-hybridized carbons (Fsp3) is 0.360. The molecule has 0 aliphatic carbocycles. The first-order valence-corrected chi connectivity index (χ1v) is 11.1. The summed E-state index contributed by atoms with van der Waals surface area (Å²) in [6.07, 6.45) is 1.84. The molecule has 31 heavy (non-hydrogen) atoms. The molecule has 1 aliphatic rings. The van der Waals surface area contributed by atoms with E-state index in [9.17, 15) is 0 Å². The van der Waals surface area contributed by atoms with Crippen molar-refractivity contribution < 1.29 is 4.74 Å². The van der Waals surface area contributed by atoms with Crippen LogP contribution in [-0.4, -0.2) is 39.8 Å². The van der Waals surface area contributed by atoms with Crippen molar-refractivity contribution in [3.05, 3.63) is 82.4 Å². The molecule has 2 aromatic heterocycles. The van der Waals surface area contributed by atoms with Crippen LogP contribution in [0.15, 0.2) is 48.7 Å². The number of aromatic nitrogens is 2. The van der Waals surface area contributed by atoms with E-state index in [1.165, 1.54) is 33.8 Å². The van der Waals surface area contributed by atoms with Crippen LogP contribution in [0, 0.1) is 27.7 Å². The molecule has 1 aromatic carbocycles. The molecule has 1 N–H and O–H groups in total. The lowest BCUT2D eigenvalue weighted by Crippen LogP contribution is -2.32. The van der Waals surface area contributed by atoms with E-state index in [0.717, 1.165) is 17.4 Å². The molecule has 0 bridgehead atoms. The van der Waals surface area contributed by atoms with Gasteiger partial charge in [-0.2, -0.15) is 0 Å². The quantitative estimate of drug-likeness (QED) is 0.569. The lowest BCUT2D eigenvalue weighted by Gasteiger charge is -2.28. The van der Waals surface area contributed by atoms with Crippen LogP contribution in [0.2, 0.25) is 0 Å². The summed E-state index contributed by atoms with van der Waals surface area (Å²) in [6.45, 7) is 10.0. The Labute approximate surface area is 190 Å². The minimum atomic E-state index is -0.0156. The molecule has 162 valence electrons. The van der Waals surface area contributed by atoms with Gasteiger partial charge in [0, 0.05) is 36.9 Å². The molecule has 0 amide bonds. The van der Waals surface area contributed by atoms with E-state index in [1.54, 1.807) is 7.11 Å². The number of hydrogen-bond acceptors (Lipinski definition) is 3. The molecular formula is C25H30N4OS. The number of nitrogens with one attached hydrogen (secondary N) is 1. The molecule has 3 heterocycles. The second-order valence-corrected chi connectivity index (χ2v) is 8.65. The second-order valence-electron chi connectivity index (χ2n) is 8.26. The number of thiocarbonyl (C=S) groups is 1. The summed E-state index contributed by atoms with van der Waals surface area (Å²) < 4.78 is 7.75. The lowest BCUT2D eigenvalue weighted by molar-refractivity contribution is 0.164. The Kier molecular flexibility index (Phi) is 6.12. The van der Waals surface area contributed by atoms with Crippen molar-refractivity contribution in [3.63, 3.8) is 0 Å². The number of benzene rings is 1. The van der Waals surface area contributed by atoms with Gasteiger partial charge in [-0.05, 0) is 80.9 Å². The number of pyridine rings is 1. The zero-order chi connectivity index (χ0) is 22.1. The summed E-state index contributed by atoms with van der Waals surface area (Å²) >= 11 is 5.75. The Morgan fingerprint density at radius 3 is 2.61 bits per heavy atom. The maximum absolute atomic E-state index is 5.75. The fourth-order valence-corrected chi connectivity index (χ4v) is 4.92. The van der Waals surface area contributed by atoms with Gasteiger partial charge in [0.2, 0.25) is 0 Å². The van der Waals surface area contributed by atoms with Crippen LogP contribution in [-0.2, 0) is 4.74 Å². The predicted molar refractivity (Wildman–Crippen MR) is 129 cm³/mol. The highest BCUT2D eigenvalue weighted by molar-refractivity contribution is 7.80. The smallest absolute Gasteiger partial charge is 0.170 e. The van der Waals surface area contributed by atoms with Gasteiger partial charge in [0.1, 0.15) is 0 Å². The summed E-state index contributed by atoms with van der Waals surface area (Å²) in [7, 11) is 1.73. The van der Waals surface area contributed by atoms with Crippen molar-refractivity contribution in [3.8, 4) is 5.69 Å². The second kappa shape index (κ2) is 8.81. The normalized spacial score (nSPS) is 18.5. The van der Waals surface area contributed by atoms with Crippen LogP contribution >= 0.6 is 12.2 Å². The minimum absolute atomic E-state index is 0.0156. The third kappa shape index (κ3) is 3.98. The number of aryl methyl sites for hydroxylation is 3. The first kappa shape index (κ1) is 21.5. The van der Waals surface area contributed by atoms with Crippen molar-refractivity contribution in [2.75, 3.05) is 20.3 Å². The van der Waals surface area contributed by atoms with E-state index in [0.29, 0.717) is 6.61 Å². The molecule has 1 fully saturated rings. The largest absolute Gasteiger partial charge is 0.383 e. The van der Waals surface area contributed by atoms with Crippen molar-refractivity contribution in [1.29, 1.82) is 0 Å². The highest BCUT2D eigenvalue weighted by Gasteiger charge is 2.41. The third-order valence-corrected chi connectivity index (χ3v) is 6.48. The van der Waals surface area contributed by atoms with Crippen LogP contribution in [0.25, 0.3) is 5.69 Å². The van der Waals surface area contributed by atoms with Gasteiger partial charge in [0.05, 0.1) is 24.4 Å². The standard InChI is InChI=1S/C25H30N4OS/c1-16-9-10-17(2)22(14-16)29-18(3)15-20(19(29)4)24-23(21-8-6-7-11-26-21)27-25(31)28(24)12-13-30-5/h6-11,14-15,23-24H,12-13H2,1-5H3,(H,27,31)/t23-,24-/m1/s1. The van der Waals surface area contributed by atoms with E-state index in [-0.39, 0.29) is 12.1 Å². The topological polar surface area (TPSA) is 42.3 Å². The Morgan fingerprint density at radius 2 is 1.90 bits per heavy atom. The van der Waals surface area contributed by atoms with E-state index in [2.05, 4.69) is 77.8 Å². The van der Waals surface area contributed by atoms with Crippen LogP contribution in [0.3, 0.4) is 0 Å². The van der Waals surface area contributed by atoms with Gasteiger partial charge in [0.25, 0.3) is 0 Å². The van der Waals surface area contributed by atoms with Gasteiger partial charge < -0.3 is 19.5 Å². The molecule has 0 spiro atoms.